The van der Waals surface area contributed by atoms with E-state index in [1.165, 1.54) is 25.7 Å². The minimum absolute atomic E-state index is 0.0359. The fraction of sp³-hybridized carbons (Fsp3) is 0.929. The average Bonchev–Trinajstić information content (AvgIpc) is 2.22. The molecule has 0 heterocycles. The lowest BCUT2D eigenvalue weighted by molar-refractivity contribution is -0.127. The molecule has 0 unspecified atom stereocenters. The highest BCUT2D eigenvalue weighted by molar-refractivity contribution is 5.76. The topological polar surface area (TPSA) is 49.3 Å². The van der Waals surface area contributed by atoms with Gasteiger partial charge in [-0.1, -0.05) is 38.5 Å². The van der Waals surface area contributed by atoms with Crippen molar-refractivity contribution in [3.8, 4) is 0 Å². The first-order valence-corrected chi connectivity index (χ1v) is 7.17. The molecule has 2 rings (SSSR count). The van der Waals surface area contributed by atoms with E-state index in [9.17, 15) is 9.90 Å². The summed E-state index contributed by atoms with van der Waals surface area (Å²) in [5, 5.41) is 13.2. The van der Waals surface area contributed by atoms with Crippen molar-refractivity contribution in [1.29, 1.82) is 0 Å². The summed E-state index contributed by atoms with van der Waals surface area (Å²) in [6.45, 7) is 0.791. The molecule has 0 aromatic heterocycles. The molecule has 0 aromatic carbocycles. The molecule has 0 aliphatic heterocycles. The summed E-state index contributed by atoms with van der Waals surface area (Å²) in [5.41, 5.74) is -0.710. The fourth-order valence-electron chi connectivity index (χ4n) is 2.95. The van der Waals surface area contributed by atoms with Crippen molar-refractivity contribution in [2.24, 2.45) is 5.92 Å². The number of amides is 1. The number of hydrogen-bond acceptors (Lipinski definition) is 2. The van der Waals surface area contributed by atoms with Gasteiger partial charge in [0.2, 0.25) is 5.91 Å². The van der Waals surface area contributed by atoms with Crippen LogP contribution in [0.3, 0.4) is 0 Å². The predicted molar refractivity (Wildman–Crippen MR) is 67.6 cm³/mol. The van der Waals surface area contributed by atoms with E-state index < -0.39 is 5.60 Å². The van der Waals surface area contributed by atoms with E-state index in [0.29, 0.717) is 6.42 Å². The third kappa shape index (κ3) is 3.98. The van der Waals surface area contributed by atoms with E-state index in [1.807, 2.05) is 0 Å². The van der Waals surface area contributed by atoms with Crippen LogP contribution in [0.5, 0.6) is 0 Å². The molecule has 2 aliphatic rings. The number of aliphatic hydroxyl groups is 1. The van der Waals surface area contributed by atoms with Crippen LogP contribution in [0, 0.1) is 5.92 Å². The standard InChI is InChI=1S/C14H25NO2/c16-13(15-10-7-12-5-4-6-12)11-14(17)8-2-1-3-9-14/h12,17H,1-11H2,(H,15,16). The summed E-state index contributed by atoms with van der Waals surface area (Å²) >= 11 is 0. The van der Waals surface area contributed by atoms with E-state index in [-0.39, 0.29) is 5.91 Å². The third-order valence-electron chi connectivity index (χ3n) is 4.37. The Morgan fingerprint density at radius 3 is 2.47 bits per heavy atom. The molecule has 98 valence electrons. The molecule has 0 bridgehead atoms. The highest BCUT2D eigenvalue weighted by atomic mass is 16.3. The lowest BCUT2D eigenvalue weighted by Gasteiger charge is -2.31. The van der Waals surface area contributed by atoms with Gasteiger partial charge in [0, 0.05) is 6.54 Å². The largest absolute Gasteiger partial charge is 0.389 e. The van der Waals surface area contributed by atoms with Crippen LogP contribution in [0.2, 0.25) is 0 Å². The smallest absolute Gasteiger partial charge is 0.222 e. The molecular formula is C14H25NO2. The van der Waals surface area contributed by atoms with Crippen LogP contribution in [-0.2, 0) is 4.79 Å². The molecule has 2 saturated carbocycles. The summed E-state index contributed by atoms with van der Waals surface area (Å²) in [4.78, 5) is 11.7. The zero-order valence-corrected chi connectivity index (χ0v) is 10.7. The first kappa shape index (κ1) is 12.9. The highest BCUT2D eigenvalue weighted by Crippen LogP contribution is 2.31. The van der Waals surface area contributed by atoms with Gasteiger partial charge >= 0.3 is 0 Å². The van der Waals surface area contributed by atoms with E-state index in [4.69, 9.17) is 0 Å². The van der Waals surface area contributed by atoms with Crippen LogP contribution in [0.4, 0.5) is 0 Å². The SMILES string of the molecule is O=C(CC1(O)CCCCC1)NCCC1CCC1. The van der Waals surface area contributed by atoms with Crippen molar-refractivity contribution >= 4 is 5.91 Å². The first-order valence-electron chi connectivity index (χ1n) is 7.17. The van der Waals surface area contributed by atoms with Crippen molar-refractivity contribution in [2.45, 2.75) is 69.8 Å². The highest BCUT2D eigenvalue weighted by Gasteiger charge is 2.31. The predicted octanol–water partition coefficient (Wildman–Crippen LogP) is 2.38. The van der Waals surface area contributed by atoms with Gasteiger partial charge in [-0.25, -0.2) is 0 Å². The molecule has 0 radical (unpaired) electrons. The molecule has 2 aliphatic carbocycles. The van der Waals surface area contributed by atoms with E-state index in [1.54, 1.807) is 0 Å². The summed E-state index contributed by atoms with van der Waals surface area (Å²) in [7, 11) is 0. The molecule has 0 atom stereocenters. The van der Waals surface area contributed by atoms with Gasteiger partial charge in [0.05, 0.1) is 12.0 Å². The van der Waals surface area contributed by atoms with Gasteiger partial charge in [0.15, 0.2) is 0 Å². The van der Waals surface area contributed by atoms with Crippen molar-refractivity contribution in [3.63, 3.8) is 0 Å². The van der Waals surface area contributed by atoms with Crippen molar-refractivity contribution in [3.05, 3.63) is 0 Å². The van der Waals surface area contributed by atoms with Gasteiger partial charge in [-0.05, 0) is 25.2 Å². The monoisotopic (exact) mass is 239 g/mol. The number of nitrogens with one attached hydrogen (secondary N) is 1. The zero-order valence-electron chi connectivity index (χ0n) is 10.7. The van der Waals surface area contributed by atoms with Gasteiger partial charge in [-0.3, -0.25) is 4.79 Å². The number of carbonyl (C=O) groups excluding carboxylic acids is 1. The Morgan fingerprint density at radius 2 is 1.88 bits per heavy atom. The molecule has 17 heavy (non-hydrogen) atoms. The second kappa shape index (κ2) is 5.85. The lowest BCUT2D eigenvalue weighted by Crippen LogP contribution is -2.39. The molecule has 0 aromatic rings. The van der Waals surface area contributed by atoms with Gasteiger partial charge in [0.25, 0.3) is 0 Å². The maximum Gasteiger partial charge on any atom is 0.222 e. The van der Waals surface area contributed by atoms with Crippen molar-refractivity contribution in [1.82, 2.24) is 5.32 Å². The van der Waals surface area contributed by atoms with Crippen LogP contribution in [0.25, 0.3) is 0 Å². The van der Waals surface area contributed by atoms with E-state index in [0.717, 1.165) is 44.6 Å². The van der Waals surface area contributed by atoms with E-state index in [2.05, 4.69) is 5.32 Å². The van der Waals surface area contributed by atoms with Crippen LogP contribution >= 0.6 is 0 Å². The van der Waals surface area contributed by atoms with Gasteiger partial charge < -0.3 is 10.4 Å². The Bertz CT molecular complexity index is 255. The summed E-state index contributed by atoms with van der Waals surface area (Å²) in [5.74, 6) is 0.877. The molecule has 0 saturated heterocycles. The second-order valence-electron chi connectivity index (χ2n) is 5.90. The van der Waals surface area contributed by atoms with Crippen LogP contribution < -0.4 is 5.32 Å². The van der Waals surface area contributed by atoms with Crippen LogP contribution in [-0.4, -0.2) is 23.2 Å². The molecule has 2 N–H and O–H groups in total. The molecule has 3 nitrogen and oxygen atoms in total. The molecular weight excluding hydrogens is 214 g/mol. The van der Waals surface area contributed by atoms with Crippen LogP contribution in [0.1, 0.15) is 64.2 Å². The van der Waals surface area contributed by atoms with Gasteiger partial charge in [0.1, 0.15) is 0 Å². The number of carbonyl (C=O) groups is 1. The Hall–Kier alpha value is -0.570. The normalized spacial score (nSPS) is 24.1. The van der Waals surface area contributed by atoms with Crippen LogP contribution in [0.15, 0.2) is 0 Å². The molecule has 2 fully saturated rings. The molecule has 1 amide bonds. The zero-order chi connectivity index (χ0) is 12.1. The quantitative estimate of drug-likeness (QED) is 0.774. The number of hydrogen-bond donors (Lipinski definition) is 2. The lowest BCUT2D eigenvalue weighted by atomic mass is 9.82. The average molecular weight is 239 g/mol. The minimum atomic E-state index is -0.710. The Labute approximate surface area is 104 Å². The Kier molecular flexibility index (Phi) is 4.43. The van der Waals surface area contributed by atoms with Crippen molar-refractivity contribution < 1.29 is 9.90 Å². The van der Waals surface area contributed by atoms with Gasteiger partial charge in [-0.15, -0.1) is 0 Å². The maximum atomic E-state index is 11.7. The summed E-state index contributed by atoms with van der Waals surface area (Å²) in [6.07, 6.45) is 10.4. The maximum absolute atomic E-state index is 11.7. The minimum Gasteiger partial charge on any atom is -0.389 e. The number of rotatable bonds is 5. The second-order valence-corrected chi connectivity index (χ2v) is 5.90. The van der Waals surface area contributed by atoms with Gasteiger partial charge in [-0.2, -0.15) is 0 Å². The Morgan fingerprint density at radius 1 is 1.18 bits per heavy atom. The summed E-state index contributed by atoms with van der Waals surface area (Å²) in [6, 6.07) is 0. The summed E-state index contributed by atoms with van der Waals surface area (Å²) < 4.78 is 0. The molecule has 0 spiro atoms. The first-order chi connectivity index (χ1) is 8.18. The Balaban J connectivity index is 1.61. The van der Waals surface area contributed by atoms with E-state index >= 15 is 0 Å². The fourth-order valence-corrected chi connectivity index (χ4v) is 2.95. The molecule has 3 heteroatoms. The third-order valence-corrected chi connectivity index (χ3v) is 4.37. The van der Waals surface area contributed by atoms with Crippen molar-refractivity contribution in [2.75, 3.05) is 6.54 Å².